The highest BCUT2D eigenvalue weighted by Crippen LogP contribution is 2.39. The molecule has 0 saturated heterocycles. The van der Waals surface area contributed by atoms with Crippen LogP contribution < -0.4 is 15.0 Å². The lowest BCUT2D eigenvalue weighted by Gasteiger charge is -2.26. The Labute approximate surface area is 202 Å². The van der Waals surface area contributed by atoms with E-state index in [1.165, 1.54) is 23.1 Å². The maximum absolute atomic E-state index is 13.4. The first-order valence-corrected chi connectivity index (χ1v) is 10.8. The van der Waals surface area contributed by atoms with E-state index < -0.39 is 35.8 Å². The van der Waals surface area contributed by atoms with Crippen LogP contribution in [0.1, 0.15) is 35.7 Å². The van der Waals surface area contributed by atoms with Crippen molar-refractivity contribution in [2.75, 3.05) is 4.90 Å². The Morgan fingerprint density at radius 3 is 2.17 bits per heavy atom. The molecule has 4 rings (SSSR count). The number of halogens is 6. The molecule has 3 aromatic rings. The number of amides is 1. The van der Waals surface area contributed by atoms with E-state index >= 15 is 0 Å². The second-order valence-corrected chi connectivity index (χ2v) is 8.14. The van der Waals surface area contributed by atoms with Crippen LogP contribution in [0.5, 0.6) is 5.75 Å². The molecule has 0 aliphatic carbocycles. The highest BCUT2D eigenvalue weighted by Gasteiger charge is 2.37. The van der Waals surface area contributed by atoms with Gasteiger partial charge in [0.25, 0.3) is 5.91 Å². The van der Waals surface area contributed by atoms with Crippen molar-refractivity contribution in [2.24, 2.45) is 0 Å². The molecule has 1 amide bonds. The minimum absolute atomic E-state index is 0.153. The molecule has 4 nitrogen and oxygen atoms in total. The van der Waals surface area contributed by atoms with Gasteiger partial charge in [0.05, 0.1) is 17.3 Å². The molecule has 36 heavy (non-hydrogen) atoms. The topological polar surface area (TPSA) is 41.6 Å². The minimum atomic E-state index is -4.91. The molecule has 2 atom stereocenters. The van der Waals surface area contributed by atoms with Crippen molar-refractivity contribution in [3.63, 3.8) is 0 Å². The van der Waals surface area contributed by atoms with E-state index in [-0.39, 0.29) is 23.0 Å². The Bertz CT molecular complexity index is 1250. The van der Waals surface area contributed by atoms with Crippen LogP contribution in [0.15, 0.2) is 90.6 Å². The van der Waals surface area contributed by atoms with Gasteiger partial charge in [0.15, 0.2) is 0 Å². The first-order valence-electron chi connectivity index (χ1n) is 10.8. The van der Waals surface area contributed by atoms with Gasteiger partial charge in [0.2, 0.25) is 0 Å². The molecule has 0 spiro atoms. The van der Waals surface area contributed by atoms with Crippen LogP contribution >= 0.6 is 0 Å². The van der Waals surface area contributed by atoms with Crippen LogP contribution in [-0.2, 0) is 11.0 Å². The van der Waals surface area contributed by atoms with Crippen molar-refractivity contribution in [3.8, 4) is 5.75 Å². The monoisotopic (exact) mass is 506 g/mol. The highest BCUT2D eigenvalue weighted by molar-refractivity contribution is 6.08. The molecule has 0 bridgehead atoms. The Hall–Kier alpha value is -3.95. The number of carbonyl (C=O) groups is 1. The number of rotatable bonds is 6. The summed E-state index contributed by atoms with van der Waals surface area (Å²) >= 11 is 0. The maximum atomic E-state index is 13.4. The zero-order valence-electron chi connectivity index (χ0n) is 18.8. The quantitative estimate of drug-likeness (QED) is 0.369. The number of ether oxygens (including phenoxy) is 1. The zero-order chi connectivity index (χ0) is 26.1. The smallest absolute Gasteiger partial charge is 0.406 e. The fourth-order valence-electron chi connectivity index (χ4n) is 3.96. The first kappa shape index (κ1) is 25.2. The molecule has 10 heteroatoms. The van der Waals surface area contributed by atoms with Crippen molar-refractivity contribution >= 4 is 11.6 Å². The Balaban J connectivity index is 1.71. The van der Waals surface area contributed by atoms with Gasteiger partial charge in [-0.3, -0.25) is 9.69 Å². The Morgan fingerprint density at radius 2 is 1.56 bits per heavy atom. The molecule has 3 aromatic carbocycles. The van der Waals surface area contributed by atoms with Crippen molar-refractivity contribution < 1.29 is 35.9 Å². The van der Waals surface area contributed by atoms with Gasteiger partial charge in [-0.15, -0.1) is 13.2 Å². The third-order valence-electron chi connectivity index (χ3n) is 5.63. The largest absolute Gasteiger partial charge is 0.573 e. The molecule has 1 aliphatic heterocycles. The van der Waals surface area contributed by atoms with Gasteiger partial charge in [-0.05, 0) is 60.5 Å². The molecule has 1 aliphatic rings. The first-order chi connectivity index (χ1) is 16.9. The standard InChI is InChI=1S/C26H20F6N2O2/c1-16(17-6-3-2-4-7-17)33-22-15-23(18-8-5-9-21(14-18)36-26(30,31)32)34(24(22)35)20-12-10-19(11-13-20)25(27,28)29/h2-16,23,33H,1H3/t16?,23-/m1/s1. The third-order valence-corrected chi connectivity index (χ3v) is 5.63. The van der Waals surface area contributed by atoms with E-state index in [1.54, 1.807) is 0 Å². The van der Waals surface area contributed by atoms with Gasteiger partial charge in [0, 0.05) is 11.7 Å². The number of hydrogen-bond donors (Lipinski definition) is 1. The Morgan fingerprint density at radius 1 is 0.889 bits per heavy atom. The van der Waals surface area contributed by atoms with Gasteiger partial charge in [0.1, 0.15) is 5.75 Å². The summed E-state index contributed by atoms with van der Waals surface area (Å²) in [5.41, 5.74) is 0.600. The fourth-order valence-corrected chi connectivity index (χ4v) is 3.96. The van der Waals surface area contributed by atoms with Crippen LogP contribution in [-0.4, -0.2) is 12.3 Å². The van der Waals surface area contributed by atoms with Gasteiger partial charge in [-0.1, -0.05) is 42.5 Å². The van der Waals surface area contributed by atoms with Crippen molar-refractivity contribution in [2.45, 2.75) is 31.5 Å². The van der Waals surface area contributed by atoms with Gasteiger partial charge < -0.3 is 10.1 Å². The number of anilines is 1. The maximum Gasteiger partial charge on any atom is 0.573 e. The number of alkyl halides is 6. The molecule has 1 unspecified atom stereocenters. The zero-order valence-corrected chi connectivity index (χ0v) is 18.8. The molecule has 1 N–H and O–H groups in total. The molecule has 188 valence electrons. The van der Waals surface area contributed by atoms with Gasteiger partial charge in [-0.25, -0.2) is 0 Å². The minimum Gasteiger partial charge on any atom is -0.406 e. The van der Waals surface area contributed by atoms with E-state index in [9.17, 15) is 31.1 Å². The number of hydrogen-bond acceptors (Lipinski definition) is 3. The van der Waals surface area contributed by atoms with Crippen LogP contribution in [0, 0.1) is 0 Å². The van der Waals surface area contributed by atoms with Crippen LogP contribution in [0.3, 0.4) is 0 Å². The normalized spacial score (nSPS) is 17.1. The summed E-state index contributed by atoms with van der Waals surface area (Å²) in [5, 5.41) is 3.11. The van der Waals surface area contributed by atoms with Crippen molar-refractivity contribution in [3.05, 3.63) is 107 Å². The number of nitrogens with zero attached hydrogens (tertiary/aromatic N) is 1. The van der Waals surface area contributed by atoms with Crippen LogP contribution in [0.25, 0.3) is 0 Å². The predicted octanol–water partition coefficient (Wildman–Crippen LogP) is 6.93. The second kappa shape index (κ2) is 9.60. The van der Waals surface area contributed by atoms with Gasteiger partial charge in [-0.2, -0.15) is 13.2 Å². The van der Waals surface area contributed by atoms with Crippen molar-refractivity contribution in [1.82, 2.24) is 5.32 Å². The molecular formula is C26H20F6N2O2. The van der Waals surface area contributed by atoms with E-state index in [1.807, 2.05) is 37.3 Å². The summed E-state index contributed by atoms with van der Waals surface area (Å²) in [6.45, 7) is 1.83. The summed E-state index contributed by atoms with van der Waals surface area (Å²) in [7, 11) is 0. The predicted molar refractivity (Wildman–Crippen MR) is 121 cm³/mol. The number of carbonyl (C=O) groups excluding carboxylic acids is 1. The molecule has 1 heterocycles. The van der Waals surface area contributed by atoms with E-state index in [4.69, 9.17) is 0 Å². The Kier molecular flexibility index (Phi) is 6.71. The molecule has 0 saturated carbocycles. The molecule has 0 fully saturated rings. The van der Waals surface area contributed by atoms with Crippen molar-refractivity contribution in [1.29, 1.82) is 0 Å². The van der Waals surface area contributed by atoms with E-state index in [2.05, 4.69) is 10.1 Å². The number of benzene rings is 3. The SMILES string of the molecule is CC(NC1=C[C@H](c2cccc(OC(F)(F)F)c2)N(c2ccc(C(F)(F)F)cc2)C1=O)c1ccccc1. The summed E-state index contributed by atoms with van der Waals surface area (Å²) in [6.07, 6.45) is -7.94. The third kappa shape index (κ3) is 5.64. The fraction of sp³-hybridized carbons (Fsp3) is 0.192. The number of nitrogens with one attached hydrogen (secondary N) is 1. The summed E-state index contributed by atoms with van der Waals surface area (Å²) in [4.78, 5) is 14.6. The van der Waals surface area contributed by atoms with Crippen LogP contribution in [0.4, 0.5) is 32.0 Å². The highest BCUT2D eigenvalue weighted by atomic mass is 19.4. The molecular weight excluding hydrogens is 486 g/mol. The molecule has 0 aromatic heterocycles. The average molecular weight is 506 g/mol. The average Bonchev–Trinajstić information content (AvgIpc) is 3.14. The van der Waals surface area contributed by atoms with E-state index in [0.717, 1.165) is 42.0 Å². The lowest BCUT2D eigenvalue weighted by Crippen LogP contribution is -2.33. The lowest BCUT2D eigenvalue weighted by atomic mass is 10.1. The van der Waals surface area contributed by atoms with E-state index in [0.29, 0.717) is 0 Å². The van der Waals surface area contributed by atoms with Gasteiger partial charge >= 0.3 is 12.5 Å². The molecule has 0 radical (unpaired) electrons. The summed E-state index contributed by atoms with van der Waals surface area (Å²) in [5.74, 6) is -1.02. The second-order valence-electron chi connectivity index (χ2n) is 8.14. The summed E-state index contributed by atoms with van der Waals surface area (Å²) in [6, 6.07) is 17.2. The van der Waals surface area contributed by atoms with Crippen LogP contribution in [0.2, 0.25) is 0 Å². The summed E-state index contributed by atoms with van der Waals surface area (Å²) < 4.78 is 81.4. The lowest BCUT2D eigenvalue weighted by molar-refractivity contribution is -0.274.